The number of benzene rings is 1. The molecule has 0 aliphatic heterocycles. The van der Waals surface area contributed by atoms with Gasteiger partial charge in [-0.3, -0.25) is 4.98 Å². The normalized spacial score (nSPS) is 11.0. The van der Waals surface area contributed by atoms with Crippen molar-refractivity contribution in [1.29, 1.82) is 0 Å². The lowest BCUT2D eigenvalue weighted by atomic mass is 10.2. The molecule has 5 nitrogen and oxygen atoms in total. The van der Waals surface area contributed by atoms with Crippen LogP contribution in [0.5, 0.6) is 5.75 Å². The third-order valence-electron chi connectivity index (χ3n) is 2.55. The molecular formula is C15H13ClN2O3. The first-order valence-corrected chi connectivity index (χ1v) is 6.56. The van der Waals surface area contributed by atoms with Crippen molar-refractivity contribution in [2.45, 2.75) is 6.92 Å². The van der Waals surface area contributed by atoms with E-state index in [1.807, 2.05) is 0 Å². The molecule has 0 atom stereocenters. The molecule has 1 aromatic heterocycles. The topological polar surface area (TPSA) is 60.8 Å². The van der Waals surface area contributed by atoms with Gasteiger partial charge in [0, 0.05) is 23.0 Å². The van der Waals surface area contributed by atoms with E-state index in [-0.39, 0.29) is 6.61 Å². The van der Waals surface area contributed by atoms with Crippen LogP contribution in [0, 0.1) is 0 Å². The molecule has 1 aromatic carbocycles. The number of oxime groups is 1. The first kappa shape index (κ1) is 15.0. The number of ether oxygens (including phenoxy) is 1. The van der Waals surface area contributed by atoms with E-state index in [0.717, 1.165) is 5.56 Å². The van der Waals surface area contributed by atoms with Crippen molar-refractivity contribution in [3.05, 3.63) is 59.4 Å². The van der Waals surface area contributed by atoms with Gasteiger partial charge in [0.15, 0.2) is 6.61 Å². The number of nitrogens with zero attached hydrogens (tertiary/aromatic N) is 2. The molecule has 0 aliphatic rings. The van der Waals surface area contributed by atoms with Gasteiger partial charge in [0.1, 0.15) is 5.75 Å². The van der Waals surface area contributed by atoms with E-state index < -0.39 is 5.97 Å². The SMILES string of the molecule is C/C(=N/OC(=O)COc1ccc(Cl)cc1)c1ccncc1. The largest absolute Gasteiger partial charge is 0.482 e. The molecule has 108 valence electrons. The van der Waals surface area contributed by atoms with Gasteiger partial charge in [-0.1, -0.05) is 16.8 Å². The Labute approximate surface area is 127 Å². The van der Waals surface area contributed by atoms with Crippen molar-refractivity contribution in [1.82, 2.24) is 4.98 Å². The fourth-order valence-electron chi connectivity index (χ4n) is 1.46. The Hall–Kier alpha value is -2.40. The highest BCUT2D eigenvalue weighted by Crippen LogP contribution is 2.15. The molecule has 0 bridgehead atoms. The van der Waals surface area contributed by atoms with Crippen molar-refractivity contribution >= 4 is 23.3 Å². The summed E-state index contributed by atoms with van der Waals surface area (Å²) >= 11 is 5.75. The molecule has 0 saturated heterocycles. The average Bonchev–Trinajstić information content (AvgIpc) is 2.53. The molecule has 0 saturated carbocycles. The molecule has 0 spiro atoms. The van der Waals surface area contributed by atoms with Gasteiger partial charge in [-0.15, -0.1) is 0 Å². The van der Waals surface area contributed by atoms with Crippen LogP contribution < -0.4 is 4.74 Å². The van der Waals surface area contributed by atoms with Crippen molar-refractivity contribution in [3.63, 3.8) is 0 Å². The van der Waals surface area contributed by atoms with Crippen LogP contribution in [-0.4, -0.2) is 23.3 Å². The molecule has 2 aromatic rings. The number of aromatic nitrogens is 1. The number of halogens is 1. The van der Waals surface area contributed by atoms with E-state index in [1.54, 1.807) is 55.7 Å². The van der Waals surface area contributed by atoms with Crippen molar-refractivity contribution in [2.24, 2.45) is 5.16 Å². The number of rotatable bonds is 5. The van der Waals surface area contributed by atoms with Crippen molar-refractivity contribution in [3.8, 4) is 5.75 Å². The lowest BCUT2D eigenvalue weighted by molar-refractivity contribution is -0.146. The Kier molecular flexibility index (Phi) is 5.29. The zero-order valence-electron chi connectivity index (χ0n) is 11.3. The number of pyridine rings is 1. The molecule has 0 fully saturated rings. The quantitative estimate of drug-likeness (QED) is 0.484. The number of carbonyl (C=O) groups is 1. The lowest BCUT2D eigenvalue weighted by Gasteiger charge is -2.04. The van der Waals surface area contributed by atoms with E-state index in [4.69, 9.17) is 21.2 Å². The molecule has 0 aliphatic carbocycles. The highest BCUT2D eigenvalue weighted by molar-refractivity contribution is 6.30. The van der Waals surface area contributed by atoms with Crippen LogP contribution in [0.2, 0.25) is 5.02 Å². The summed E-state index contributed by atoms with van der Waals surface area (Å²) in [4.78, 5) is 20.2. The Bertz CT molecular complexity index is 627. The highest BCUT2D eigenvalue weighted by atomic mass is 35.5. The first-order valence-electron chi connectivity index (χ1n) is 6.18. The predicted molar refractivity (Wildman–Crippen MR) is 79.5 cm³/mol. The van der Waals surface area contributed by atoms with Crippen LogP contribution in [0.1, 0.15) is 12.5 Å². The monoisotopic (exact) mass is 304 g/mol. The minimum atomic E-state index is -0.585. The maximum absolute atomic E-state index is 11.5. The van der Waals surface area contributed by atoms with Gasteiger partial charge < -0.3 is 9.57 Å². The Morgan fingerprint density at radius 2 is 1.86 bits per heavy atom. The maximum Gasteiger partial charge on any atom is 0.372 e. The van der Waals surface area contributed by atoms with Crippen LogP contribution in [0.3, 0.4) is 0 Å². The smallest absolute Gasteiger partial charge is 0.372 e. The average molecular weight is 305 g/mol. The Morgan fingerprint density at radius 3 is 2.52 bits per heavy atom. The van der Waals surface area contributed by atoms with Gasteiger partial charge in [-0.2, -0.15) is 0 Å². The molecule has 0 unspecified atom stereocenters. The van der Waals surface area contributed by atoms with Crippen LogP contribution >= 0.6 is 11.6 Å². The molecule has 1 heterocycles. The van der Waals surface area contributed by atoms with E-state index in [9.17, 15) is 4.79 Å². The van der Waals surface area contributed by atoms with Crippen LogP contribution in [0.25, 0.3) is 0 Å². The summed E-state index contributed by atoms with van der Waals surface area (Å²) in [5.41, 5.74) is 1.41. The summed E-state index contributed by atoms with van der Waals surface area (Å²) in [5.74, 6) is -0.0514. The van der Waals surface area contributed by atoms with Crippen molar-refractivity contribution in [2.75, 3.05) is 6.61 Å². The zero-order valence-corrected chi connectivity index (χ0v) is 12.1. The standard InChI is InChI=1S/C15H13ClN2O3/c1-11(12-6-8-17-9-7-12)18-21-15(19)10-20-14-4-2-13(16)3-5-14/h2-9H,10H2,1H3/b18-11-. The molecule has 6 heteroatoms. The fraction of sp³-hybridized carbons (Fsp3) is 0.133. The summed E-state index contributed by atoms with van der Waals surface area (Å²) in [6.07, 6.45) is 3.28. The summed E-state index contributed by atoms with van der Waals surface area (Å²) in [7, 11) is 0. The predicted octanol–water partition coefficient (Wildman–Crippen LogP) is 3.08. The first-order chi connectivity index (χ1) is 10.1. The van der Waals surface area contributed by atoms with Crippen LogP contribution in [0.15, 0.2) is 53.9 Å². The second-order valence-electron chi connectivity index (χ2n) is 4.12. The van der Waals surface area contributed by atoms with Gasteiger partial charge in [0.25, 0.3) is 0 Å². The number of hydrogen-bond acceptors (Lipinski definition) is 5. The van der Waals surface area contributed by atoms with Gasteiger partial charge in [0.2, 0.25) is 0 Å². The highest BCUT2D eigenvalue weighted by Gasteiger charge is 2.05. The number of hydrogen-bond donors (Lipinski definition) is 0. The number of carbonyl (C=O) groups excluding carboxylic acids is 1. The third kappa shape index (κ3) is 4.89. The molecular weight excluding hydrogens is 292 g/mol. The van der Waals surface area contributed by atoms with Gasteiger partial charge in [-0.25, -0.2) is 4.79 Å². The summed E-state index contributed by atoms with van der Waals surface area (Å²) < 4.78 is 5.25. The molecule has 2 rings (SSSR count). The zero-order chi connectivity index (χ0) is 15.1. The maximum atomic E-state index is 11.5. The Morgan fingerprint density at radius 1 is 1.19 bits per heavy atom. The minimum Gasteiger partial charge on any atom is -0.482 e. The summed E-state index contributed by atoms with van der Waals surface area (Å²) in [5, 5.41) is 4.36. The fourth-order valence-corrected chi connectivity index (χ4v) is 1.59. The Balaban J connectivity index is 1.83. The third-order valence-corrected chi connectivity index (χ3v) is 2.80. The van der Waals surface area contributed by atoms with E-state index in [1.165, 1.54) is 0 Å². The second kappa shape index (κ2) is 7.40. The van der Waals surface area contributed by atoms with Gasteiger partial charge in [0.05, 0.1) is 5.71 Å². The van der Waals surface area contributed by atoms with E-state index in [2.05, 4.69) is 10.1 Å². The van der Waals surface area contributed by atoms with Crippen LogP contribution in [-0.2, 0) is 9.63 Å². The molecule has 21 heavy (non-hydrogen) atoms. The molecule has 0 N–H and O–H groups in total. The van der Waals surface area contributed by atoms with Crippen molar-refractivity contribution < 1.29 is 14.4 Å². The minimum absolute atomic E-state index is 0.227. The van der Waals surface area contributed by atoms with E-state index in [0.29, 0.717) is 16.5 Å². The summed E-state index contributed by atoms with van der Waals surface area (Å²) in [6, 6.07) is 10.2. The van der Waals surface area contributed by atoms with Gasteiger partial charge in [-0.05, 0) is 43.3 Å². The lowest BCUT2D eigenvalue weighted by Crippen LogP contribution is -2.13. The van der Waals surface area contributed by atoms with E-state index >= 15 is 0 Å². The van der Waals surface area contributed by atoms with Crippen LogP contribution in [0.4, 0.5) is 0 Å². The van der Waals surface area contributed by atoms with Gasteiger partial charge >= 0.3 is 5.97 Å². The molecule has 0 amide bonds. The molecule has 0 radical (unpaired) electrons. The second-order valence-corrected chi connectivity index (χ2v) is 4.55. The summed E-state index contributed by atoms with van der Waals surface area (Å²) in [6.45, 7) is 1.51.